The topological polar surface area (TPSA) is 86.2 Å². The normalized spacial score (nSPS) is 10.1. The molecule has 0 aliphatic rings. The number of nitrogens with one attached hydrogen (secondary N) is 1. The summed E-state index contributed by atoms with van der Waals surface area (Å²) in [6, 6.07) is 14.6. The highest BCUT2D eigenvalue weighted by Crippen LogP contribution is 2.28. The first-order chi connectivity index (χ1) is 12.3. The minimum Gasteiger partial charge on any atom is -0.478 e. The number of hydrogen-bond acceptors (Lipinski definition) is 7. The predicted octanol–water partition coefficient (Wildman–Crippen LogP) is 2.83. The summed E-state index contributed by atoms with van der Waals surface area (Å²) in [5.41, 5.74) is 1.40. The molecule has 0 saturated heterocycles. The molecule has 0 bridgehead atoms. The Morgan fingerprint density at radius 1 is 1.00 bits per heavy atom. The van der Waals surface area contributed by atoms with Crippen LogP contribution in [0.25, 0.3) is 11.4 Å². The van der Waals surface area contributed by atoms with Gasteiger partial charge in [-0.1, -0.05) is 12.1 Å². The van der Waals surface area contributed by atoms with Crippen molar-refractivity contribution in [1.29, 1.82) is 0 Å². The van der Waals surface area contributed by atoms with Crippen molar-refractivity contribution in [2.45, 2.75) is 0 Å². The van der Waals surface area contributed by atoms with Crippen molar-refractivity contribution in [2.75, 3.05) is 19.0 Å². The zero-order valence-corrected chi connectivity index (χ0v) is 13.5. The second kappa shape index (κ2) is 7.87. The summed E-state index contributed by atoms with van der Waals surface area (Å²) in [6.45, 7) is -0.210. The molecule has 7 nitrogen and oxygen atoms in total. The third-order valence-electron chi connectivity index (χ3n) is 3.27. The van der Waals surface area contributed by atoms with Gasteiger partial charge in [-0.15, -0.1) is 0 Å². The third-order valence-corrected chi connectivity index (χ3v) is 3.27. The first-order valence-corrected chi connectivity index (χ1v) is 7.56. The first kappa shape index (κ1) is 16.4. The van der Waals surface area contributed by atoms with E-state index in [9.17, 15) is 4.79 Å². The van der Waals surface area contributed by atoms with Crippen LogP contribution in [0.15, 0.2) is 60.9 Å². The average Bonchev–Trinajstić information content (AvgIpc) is 2.68. The van der Waals surface area contributed by atoms with E-state index in [1.165, 1.54) is 7.11 Å². The Morgan fingerprint density at radius 3 is 2.48 bits per heavy atom. The standard InChI is InChI=1S/C18H16N4O3/c1-24-17(23)12-25-15-9-8-14(13-6-2-4-10-19-13)21-18(15)22-16-7-3-5-11-20-16/h2-11H,12H2,1H3,(H,20,21,22). The lowest BCUT2D eigenvalue weighted by Gasteiger charge is -2.12. The number of pyridine rings is 3. The summed E-state index contributed by atoms with van der Waals surface area (Å²) in [5, 5.41) is 3.10. The summed E-state index contributed by atoms with van der Waals surface area (Å²) in [5.74, 6) is 0.982. The van der Waals surface area contributed by atoms with Crippen LogP contribution >= 0.6 is 0 Å². The molecule has 7 heteroatoms. The Balaban J connectivity index is 1.92. The third kappa shape index (κ3) is 4.29. The van der Waals surface area contributed by atoms with Crippen molar-refractivity contribution in [3.05, 3.63) is 60.9 Å². The number of carbonyl (C=O) groups is 1. The fraction of sp³-hybridized carbons (Fsp3) is 0.111. The van der Waals surface area contributed by atoms with Crippen LogP contribution in [0.5, 0.6) is 5.75 Å². The fourth-order valence-corrected chi connectivity index (χ4v) is 2.06. The van der Waals surface area contributed by atoms with Crippen molar-refractivity contribution < 1.29 is 14.3 Å². The van der Waals surface area contributed by atoms with Crippen LogP contribution in [0.1, 0.15) is 0 Å². The van der Waals surface area contributed by atoms with Gasteiger partial charge in [-0.25, -0.2) is 14.8 Å². The maximum Gasteiger partial charge on any atom is 0.343 e. The smallest absolute Gasteiger partial charge is 0.343 e. The molecule has 3 aromatic heterocycles. The zero-order valence-electron chi connectivity index (χ0n) is 13.5. The minimum atomic E-state index is -0.474. The highest BCUT2D eigenvalue weighted by atomic mass is 16.6. The number of esters is 1. The molecule has 126 valence electrons. The number of anilines is 2. The van der Waals surface area contributed by atoms with Crippen molar-refractivity contribution in [3.63, 3.8) is 0 Å². The van der Waals surface area contributed by atoms with Crippen molar-refractivity contribution >= 4 is 17.6 Å². The van der Waals surface area contributed by atoms with Crippen LogP contribution in [0.2, 0.25) is 0 Å². The molecule has 0 unspecified atom stereocenters. The largest absolute Gasteiger partial charge is 0.478 e. The molecule has 0 amide bonds. The van der Waals surface area contributed by atoms with Crippen molar-refractivity contribution in [3.8, 4) is 17.1 Å². The highest BCUT2D eigenvalue weighted by Gasteiger charge is 2.12. The molecule has 3 heterocycles. The highest BCUT2D eigenvalue weighted by molar-refractivity contribution is 5.72. The number of rotatable bonds is 6. The van der Waals surface area contributed by atoms with Crippen LogP contribution in [0, 0.1) is 0 Å². The van der Waals surface area contributed by atoms with Gasteiger partial charge in [0.05, 0.1) is 18.5 Å². The molecule has 25 heavy (non-hydrogen) atoms. The Kier molecular flexibility index (Phi) is 5.16. The Morgan fingerprint density at radius 2 is 1.80 bits per heavy atom. The molecule has 0 atom stereocenters. The number of aromatic nitrogens is 3. The molecule has 0 aromatic carbocycles. The molecule has 0 aliphatic heterocycles. The Bertz CT molecular complexity index is 841. The molecule has 0 fully saturated rings. The van der Waals surface area contributed by atoms with Gasteiger partial charge in [-0.3, -0.25) is 4.98 Å². The van der Waals surface area contributed by atoms with Gasteiger partial charge < -0.3 is 14.8 Å². The number of methoxy groups -OCH3 is 1. The summed E-state index contributed by atoms with van der Waals surface area (Å²) in [7, 11) is 1.31. The van der Waals surface area contributed by atoms with Gasteiger partial charge in [0.2, 0.25) is 0 Å². The van der Waals surface area contributed by atoms with E-state index in [4.69, 9.17) is 4.74 Å². The van der Waals surface area contributed by atoms with Gasteiger partial charge in [0.25, 0.3) is 0 Å². The summed E-state index contributed by atoms with van der Waals surface area (Å²) < 4.78 is 10.1. The first-order valence-electron chi connectivity index (χ1n) is 7.56. The van der Waals surface area contributed by atoms with E-state index in [2.05, 4.69) is 25.0 Å². The summed E-state index contributed by atoms with van der Waals surface area (Å²) in [4.78, 5) is 24.4. The van der Waals surface area contributed by atoms with E-state index in [-0.39, 0.29) is 6.61 Å². The van der Waals surface area contributed by atoms with E-state index in [0.29, 0.717) is 23.1 Å². The Hall–Kier alpha value is -3.48. The average molecular weight is 336 g/mol. The van der Waals surface area contributed by atoms with Gasteiger partial charge in [0, 0.05) is 12.4 Å². The van der Waals surface area contributed by atoms with E-state index < -0.39 is 5.97 Å². The van der Waals surface area contributed by atoms with Crippen molar-refractivity contribution in [2.24, 2.45) is 0 Å². The van der Waals surface area contributed by atoms with Crippen LogP contribution in [-0.4, -0.2) is 34.6 Å². The van der Waals surface area contributed by atoms with Crippen LogP contribution < -0.4 is 10.1 Å². The van der Waals surface area contributed by atoms with E-state index in [1.807, 2.05) is 30.3 Å². The number of nitrogens with zero attached hydrogens (tertiary/aromatic N) is 3. The fourth-order valence-electron chi connectivity index (χ4n) is 2.06. The van der Waals surface area contributed by atoms with Gasteiger partial charge in [-0.2, -0.15) is 0 Å². The van der Waals surface area contributed by atoms with Gasteiger partial charge >= 0.3 is 5.97 Å². The quantitative estimate of drug-likeness (QED) is 0.693. The molecule has 3 rings (SSSR count). The minimum absolute atomic E-state index is 0.210. The van der Waals surface area contributed by atoms with Gasteiger partial charge in [0.1, 0.15) is 5.82 Å². The lowest BCUT2D eigenvalue weighted by Crippen LogP contribution is -2.13. The zero-order chi connectivity index (χ0) is 17.5. The van der Waals surface area contributed by atoms with Gasteiger partial charge in [0.15, 0.2) is 18.2 Å². The van der Waals surface area contributed by atoms with E-state index in [1.54, 1.807) is 30.6 Å². The van der Waals surface area contributed by atoms with Crippen LogP contribution in [-0.2, 0) is 9.53 Å². The molecule has 0 aliphatic carbocycles. The van der Waals surface area contributed by atoms with Crippen molar-refractivity contribution in [1.82, 2.24) is 15.0 Å². The SMILES string of the molecule is COC(=O)COc1ccc(-c2ccccn2)nc1Nc1ccccn1. The molecule has 3 aromatic rings. The number of carbonyl (C=O) groups excluding carboxylic acids is 1. The maximum absolute atomic E-state index is 11.3. The Labute approximate surface area is 144 Å². The lowest BCUT2D eigenvalue weighted by molar-refractivity contribution is -0.142. The predicted molar refractivity (Wildman–Crippen MR) is 92.5 cm³/mol. The van der Waals surface area contributed by atoms with Gasteiger partial charge in [-0.05, 0) is 36.4 Å². The summed E-state index contributed by atoms with van der Waals surface area (Å²) in [6.07, 6.45) is 3.37. The molecular formula is C18H16N4O3. The summed E-state index contributed by atoms with van der Waals surface area (Å²) >= 11 is 0. The van der Waals surface area contributed by atoms with E-state index in [0.717, 1.165) is 5.69 Å². The van der Waals surface area contributed by atoms with Crippen LogP contribution in [0.4, 0.5) is 11.6 Å². The van der Waals surface area contributed by atoms with E-state index >= 15 is 0 Å². The molecular weight excluding hydrogens is 320 g/mol. The molecule has 0 saturated carbocycles. The monoisotopic (exact) mass is 336 g/mol. The molecule has 0 radical (unpaired) electrons. The lowest BCUT2D eigenvalue weighted by atomic mass is 10.2. The number of ether oxygens (including phenoxy) is 2. The van der Waals surface area contributed by atoms with Crippen LogP contribution in [0.3, 0.4) is 0 Å². The second-order valence-electron chi connectivity index (χ2n) is 4.96. The number of hydrogen-bond donors (Lipinski definition) is 1. The molecule has 0 spiro atoms. The molecule has 1 N–H and O–H groups in total. The second-order valence-corrected chi connectivity index (χ2v) is 4.96. The maximum atomic E-state index is 11.3.